The van der Waals surface area contributed by atoms with E-state index in [4.69, 9.17) is 9.47 Å². The number of ketones is 1. The van der Waals surface area contributed by atoms with Crippen molar-refractivity contribution in [3.63, 3.8) is 0 Å². The van der Waals surface area contributed by atoms with E-state index in [1.807, 2.05) is 0 Å². The molecule has 0 radical (unpaired) electrons. The molecule has 0 bridgehead atoms. The summed E-state index contributed by atoms with van der Waals surface area (Å²) in [6.07, 6.45) is 8.58. The third kappa shape index (κ3) is 3.67. The van der Waals surface area contributed by atoms with E-state index in [0.717, 1.165) is 44.2 Å². The van der Waals surface area contributed by atoms with E-state index in [0.29, 0.717) is 18.3 Å². The fourth-order valence-electron chi connectivity index (χ4n) is 8.16. The third-order valence-electron chi connectivity index (χ3n) is 9.93. The second-order valence-corrected chi connectivity index (χ2v) is 11.5. The summed E-state index contributed by atoms with van der Waals surface area (Å²) in [6.45, 7) is 2.40. The summed E-state index contributed by atoms with van der Waals surface area (Å²) in [5, 5.41) is 13.3. The fraction of sp³-hybridized carbons (Fsp3) is 0.600. The summed E-state index contributed by atoms with van der Waals surface area (Å²) in [4.78, 5) is 15.4. The second-order valence-electron chi connectivity index (χ2n) is 11.5. The van der Waals surface area contributed by atoms with Crippen LogP contribution >= 0.6 is 0 Å². The SMILES string of the molecule is COCC(=O)[C@@]1(OC)CC[C@H]2[C@@H]3CCC4=C/C(=N\O)CC(c5ccc(N(C)C)cc5)C4=C3CC[C@@]21C. The highest BCUT2D eigenvalue weighted by atomic mass is 16.5. The van der Waals surface area contributed by atoms with Gasteiger partial charge < -0.3 is 19.6 Å². The minimum atomic E-state index is -0.759. The van der Waals surface area contributed by atoms with Crippen molar-refractivity contribution in [2.45, 2.75) is 63.4 Å². The molecule has 194 valence electrons. The van der Waals surface area contributed by atoms with E-state index < -0.39 is 5.60 Å². The van der Waals surface area contributed by atoms with Crippen molar-refractivity contribution in [3.8, 4) is 0 Å². The Kier molecular flexibility index (Phi) is 6.63. The summed E-state index contributed by atoms with van der Waals surface area (Å²) < 4.78 is 11.4. The molecule has 0 saturated heterocycles. The van der Waals surface area contributed by atoms with Gasteiger partial charge in [0.05, 0.1) is 5.71 Å². The van der Waals surface area contributed by atoms with Crippen LogP contribution in [0.15, 0.2) is 52.2 Å². The lowest BCUT2D eigenvalue weighted by Gasteiger charge is -2.53. The molecule has 1 aromatic rings. The zero-order valence-corrected chi connectivity index (χ0v) is 22.3. The molecule has 2 saturated carbocycles. The Morgan fingerprint density at radius 1 is 1.14 bits per heavy atom. The highest BCUT2D eigenvalue weighted by molar-refractivity contribution is 5.98. The van der Waals surface area contributed by atoms with Crippen LogP contribution in [0.2, 0.25) is 0 Å². The molecule has 0 amide bonds. The number of benzene rings is 1. The number of ether oxygens (including phenoxy) is 2. The van der Waals surface area contributed by atoms with Crippen molar-refractivity contribution in [1.82, 2.24) is 0 Å². The third-order valence-corrected chi connectivity index (χ3v) is 9.93. The standard InChI is InChI=1S/C30H40N2O4/c1-29-14-12-24-23(26(29)13-15-30(29,36-5)27(33)18-35-4)11-8-20-16-21(31-34)17-25(28(20)24)19-6-9-22(10-7-19)32(2)3/h6-7,9-10,16,23,25-26,34H,8,11-15,17-18H2,1-5H3/b31-21+/t23-,25?,26+,29+,30+/m1/s1. The van der Waals surface area contributed by atoms with E-state index in [2.05, 4.69) is 61.4 Å². The molecular formula is C30H40N2O4. The van der Waals surface area contributed by atoms with E-state index in [1.54, 1.807) is 19.8 Å². The van der Waals surface area contributed by atoms with Crippen molar-refractivity contribution in [2.24, 2.45) is 22.4 Å². The number of allylic oxidation sites excluding steroid dienone is 4. The lowest BCUT2D eigenvalue weighted by Crippen LogP contribution is -2.56. The van der Waals surface area contributed by atoms with E-state index >= 15 is 0 Å². The Balaban J connectivity index is 1.57. The van der Waals surface area contributed by atoms with Gasteiger partial charge in [-0.05, 0) is 85.3 Å². The molecule has 0 aliphatic heterocycles. The van der Waals surface area contributed by atoms with Gasteiger partial charge in [-0.3, -0.25) is 4.79 Å². The number of carbonyl (C=O) groups excluding carboxylic acids is 1. The van der Waals surface area contributed by atoms with Crippen LogP contribution < -0.4 is 4.90 Å². The number of fused-ring (bicyclic) bond motifs is 4. The number of methoxy groups -OCH3 is 2. The van der Waals surface area contributed by atoms with Crippen molar-refractivity contribution in [2.75, 3.05) is 39.8 Å². The van der Waals surface area contributed by atoms with Gasteiger partial charge in [-0.15, -0.1) is 0 Å². The molecule has 0 aromatic heterocycles. The van der Waals surface area contributed by atoms with E-state index in [1.165, 1.54) is 22.4 Å². The first-order valence-electron chi connectivity index (χ1n) is 13.3. The number of oxime groups is 1. The van der Waals surface area contributed by atoms with Crippen LogP contribution in [0.3, 0.4) is 0 Å². The molecule has 4 aliphatic carbocycles. The minimum Gasteiger partial charge on any atom is -0.411 e. The van der Waals surface area contributed by atoms with Crippen LogP contribution in [0.4, 0.5) is 5.69 Å². The highest BCUT2D eigenvalue weighted by Crippen LogP contribution is 2.65. The molecule has 6 nitrogen and oxygen atoms in total. The zero-order chi connectivity index (χ0) is 25.7. The first kappa shape index (κ1) is 25.2. The van der Waals surface area contributed by atoms with Gasteiger partial charge in [0.2, 0.25) is 0 Å². The fourth-order valence-corrected chi connectivity index (χ4v) is 8.16. The van der Waals surface area contributed by atoms with Crippen molar-refractivity contribution >= 4 is 17.2 Å². The Morgan fingerprint density at radius 2 is 1.89 bits per heavy atom. The number of hydrogen-bond donors (Lipinski definition) is 1. The highest BCUT2D eigenvalue weighted by Gasteiger charge is 2.64. The topological polar surface area (TPSA) is 71.4 Å². The molecule has 36 heavy (non-hydrogen) atoms. The van der Waals surface area contributed by atoms with Crippen LogP contribution in [-0.4, -0.2) is 57.2 Å². The largest absolute Gasteiger partial charge is 0.411 e. The molecule has 0 heterocycles. The predicted octanol–water partition coefficient (Wildman–Crippen LogP) is 5.51. The lowest BCUT2D eigenvalue weighted by atomic mass is 9.53. The molecule has 4 aliphatic rings. The summed E-state index contributed by atoms with van der Waals surface area (Å²) in [5.74, 6) is 1.16. The van der Waals surface area contributed by atoms with Gasteiger partial charge in [0.15, 0.2) is 5.78 Å². The molecule has 5 rings (SSSR count). The molecule has 5 atom stereocenters. The summed E-state index contributed by atoms with van der Waals surface area (Å²) in [7, 11) is 7.41. The van der Waals surface area contributed by atoms with E-state index in [9.17, 15) is 10.0 Å². The van der Waals surface area contributed by atoms with Crippen LogP contribution in [0, 0.1) is 17.3 Å². The van der Waals surface area contributed by atoms with Gasteiger partial charge >= 0.3 is 0 Å². The maximum Gasteiger partial charge on any atom is 0.190 e. The average Bonchev–Trinajstić information content (AvgIpc) is 3.21. The Hall–Kier alpha value is -2.44. The number of hydrogen-bond acceptors (Lipinski definition) is 6. The number of nitrogens with zero attached hydrogens (tertiary/aromatic N) is 2. The molecule has 1 N–H and O–H groups in total. The first-order chi connectivity index (χ1) is 17.3. The molecule has 2 fully saturated rings. The summed E-state index contributed by atoms with van der Waals surface area (Å²) in [5.41, 5.74) is 6.63. The van der Waals surface area contributed by atoms with Crippen LogP contribution in [0.25, 0.3) is 0 Å². The van der Waals surface area contributed by atoms with Crippen molar-refractivity contribution in [3.05, 3.63) is 52.6 Å². The first-order valence-corrected chi connectivity index (χ1v) is 13.3. The van der Waals surface area contributed by atoms with Gasteiger partial charge in [-0.1, -0.05) is 29.8 Å². The van der Waals surface area contributed by atoms with Gasteiger partial charge in [0, 0.05) is 51.8 Å². The molecule has 1 unspecified atom stereocenters. The molecule has 0 spiro atoms. The molecular weight excluding hydrogens is 452 g/mol. The van der Waals surface area contributed by atoms with Gasteiger partial charge in [0.1, 0.15) is 12.2 Å². The Labute approximate surface area is 215 Å². The van der Waals surface area contributed by atoms with Gasteiger partial charge in [-0.2, -0.15) is 0 Å². The maximum absolute atomic E-state index is 13.3. The van der Waals surface area contributed by atoms with Gasteiger partial charge in [0.25, 0.3) is 0 Å². The number of anilines is 1. The quantitative estimate of drug-likeness (QED) is 0.419. The van der Waals surface area contributed by atoms with Crippen molar-refractivity contribution in [1.29, 1.82) is 0 Å². The monoisotopic (exact) mass is 492 g/mol. The summed E-state index contributed by atoms with van der Waals surface area (Å²) >= 11 is 0. The minimum absolute atomic E-state index is 0.0883. The summed E-state index contributed by atoms with van der Waals surface area (Å²) in [6, 6.07) is 8.82. The van der Waals surface area contributed by atoms with E-state index in [-0.39, 0.29) is 23.7 Å². The number of carbonyl (C=O) groups is 1. The smallest absolute Gasteiger partial charge is 0.190 e. The maximum atomic E-state index is 13.3. The Morgan fingerprint density at radius 3 is 2.53 bits per heavy atom. The van der Waals surface area contributed by atoms with Crippen LogP contribution in [-0.2, 0) is 14.3 Å². The average molecular weight is 493 g/mol. The van der Waals surface area contributed by atoms with Crippen LogP contribution in [0.1, 0.15) is 63.4 Å². The van der Waals surface area contributed by atoms with Crippen LogP contribution in [0.5, 0.6) is 0 Å². The molecule has 1 aromatic carbocycles. The van der Waals surface area contributed by atoms with Crippen molar-refractivity contribution < 1.29 is 19.5 Å². The number of Topliss-reactive ketones (excluding diaryl/α,β-unsaturated/α-hetero) is 1. The lowest BCUT2D eigenvalue weighted by molar-refractivity contribution is -0.165. The number of rotatable bonds is 6. The van der Waals surface area contributed by atoms with Gasteiger partial charge in [-0.25, -0.2) is 0 Å². The predicted molar refractivity (Wildman–Crippen MR) is 142 cm³/mol. The normalized spacial score (nSPS) is 34.6. The Bertz CT molecular complexity index is 1120. The molecule has 6 heteroatoms. The zero-order valence-electron chi connectivity index (χ0n) is 22.3. The second kappa shape index (κ2) is 9.46.